The van der Waals surface area contributed by atoms with Crippen molar-refractivity contribution in [2.24, 2.45) is 5.73 Å². The van der Waals surface area contributed by atoms with Crippen molar-refractivity contribution in [3.8, 4) is 0 Å². The van der Waals surface area contributed by atoms with Crippen molar-refractivity contribution in [1.29, 1.82) is 0 Å². The Kier molecular flexibility index (Phi) is 7.15. The fourth-order valence-corrected chi connectivity index (χ4v) is 1.26. The molecule has 1 aliphatic rings. The van der Waals surface area contributed by atoms with Crippen LogP contribution in [0.25, 0.3) is 0 Å². The fraction of sp³-hybridized carbons (Fsp3) is 1.00. The number of hydrogen-bond acceptors (Lipinski definition) is 2. The van der Waals surface area contributed by atoms with Crippen molar-refractivity contribution in [2.45, 2.75) is 18.6 Å². The molecule has 0 aromatic heterocycles. The van der Waals surface area contributed by atoms with Crippen LogP contribution in [0.5, 0.6) is 0 Å². The zero-order chi connectivity index (χ0) is 8.48. The molecule has 13 heavy (non-hydrogen) atoms. The van der Waals surface area contributed by atoms with Gasteiger partial charge in [-0.3, -0.25) is 4.90 Å². The summed E-state index contributed by atoms with van der Waals surface area (Å²) < 4.78 is 35.3. The van der Waals surface area contributed by atoms with E-state index in [9.17, 15) is 13.2 Å². The van der Waals surface area contributed by atoms with Gasteiger partial charge in [0.05, 0.1) is 6.54 Å². The summed E-state index contributed by atoms with van der Waals surface area (Å²) in [6.07, 6.45) is -3.40. The van der Waals surface area contributed by atoms with Gasteiger partial charge in [0.25, 0.3) is 0 Å². The molecule has 0 spiro atoms. The lowest BCUT2D eigenvalue weighted by Gasteiger charge is -2.16. The van der Waals surface area contributed by atoms with Crippen LogP contribution in [0, 0.1) is 0 Å². The van der Waals surface area contributed by atoms with Crippen LogP contribution >= 0.6 is 24.8 Å². The summed E-state index contributed by atoms with van der Waals surface area (Å²) >= 11 is 0. The maximum Gasteiger partial charge on any atom is 0.401 e. The van der Waals surface area contributed by atoms with E-state index in [0.717, 1.165) is 0 Å². The largest absolute Gasteiger partial charge is 0.401 e. The molecule has 0 radical (unpaired) electrons. The Morgan fingerprint density at radius 1 is 1.31 bits per heavy atom. The molecular weight excluding hydrogens is 228 g/mol. The Hall–Kier alpha value is 0.290. The molecule has 0 aromatic carbocycles. The van der Waals surface area contributed by atoms with Crippen molar-refractivity contribution in [1.82, 2.24) is 4.90 Å². The number of halogens is 5. The second kappa shape index (κ2) is 5.90. The predicted molar refractivity (Wildman–Crippen MR) is 49.6 cm³/mol. The summed E-state index contributed by atoms with van der Waals surface area (Å²) in [5, 5.41) is 0. The van der Waals surface area contributed by atoms with E-state index < -0.39 is 12.7 Å². The Balaban J connectivity index is 0. The van der Waals surface area contributed by atoms with Gasteiger partial charge in [0, 0.05) is 19.1 Å². The Labute approximate surface area is 87.5 Å². The molecule has 7 heteroatoms. The van der Waals surface area contributed by atoms with Crippen LogP contribution < -0.4 is 5.73 Å². The van der Waals surface area contributed by atoms with Gasteiger partial charge in [0.1, 0.15) is 0 Å². The predicted octanol–water partition coefficient (Wildman–Crippen LogP) is 1.43. The number of nitrogens with zero attached hydrogens (tertiary/aromatic N) is 1. The van der Waals surface area contributed by atoms with Crippen molar-refractivity contribution in [3.05, 3.63) is 0 Å². The lowest BCUT2D eigenvalue weighted by Crippen LogP contribution is -2.34. The normalized spacial score (nSPS) is 23.5. The molecule has 1 heterocycles. The highest BCUT2D eigenvalue weighted by atomic mass is 35.5. The first kappa shape index (κ1) is 15.7. The first-order chi connectivity index (χ1) is 4.97. The van der Waals surface area contributed by atoms with Gasteiger partial charge in [0.2, 0.25) is 0 Å². The lowest BCUT2D eigenvalue weighted by molar-refractivity contribution is -0.143. The van der Waals surface area contributed by atoms with Gasteiger partial charge in [-0.2, -0.15) is 13.2 Å². The fourth-order valence-electron chi connectivity index (χ4n) is 1.26. The summed E-state index contributed by atoms with van der Waals surface area (Å²) in [5.74, 6) is 0. The average Bonchev–Trinajstić information content (AvgIpc) is 2.10. The first-order valence-corrected chi connectivity index (χ1v) is 3.52. The maximum atomic E-state index is 11.8. The second-order valence-electron chi connectivity index (χ2n) is 2.90. The third-order valence-corrected chi connectivity index (χ3v) is 1.71. The zero-order valence-corrected chi connectivity index (χ0v) is 8.51. The third kappa shape index (κ3) is 6.37. The molecule has 1 unspecified atom stereocenters. The van der Waals surface area contributed by atoms with Gasteiger partial charge >= 0.3 is 6.18 Å². The molecule has 0 saturated carbocycles. The van der Waals surface area contributed by atoms with Crippen LogP contribution in [-0.4, -0.2) is 36.8 Å². The van der Waals surface area contributed by atoms with Gasteiger partial charge in [-0.15, -0.1) is 24.8 Å². The number of rotatable bonds is 1. The van der Waals surface area contributed by atoms with Gasteiger partial charge in [-0.05, 0) is 6.42 Å². The topological polar surface area (TPSA) is 29.3 Å². The summed E-state index contributed by atoms with van der Waals surface area (Å²) in [5.41, 5.74) is 5.43. The molecule has 0 amide bonds. The van der Waals surface area contributed by atoms with Crippen LogP contribution in [0.15, 0.2) is 0 Å². The molecule has 1 aliphatic heterocycles. The van der Waals surface area contributed by atoms with Crippen molar-refractivity contribution in [2.75, 3.05) is 19.6 Å². The van der Waals surface area contributed by atoms with Gasteiger partial charge in [0.15, 0.2) is 0 Å². The molecule has 2 nitrogen and oxygen atoms in total. The minimum absolute atomic E-state index is 0. The Morgan fingerprint density at radius 2 is 1.85 bits per heavy atom. The first-order valence-electron chi connectivity index (χ1n) is 3.52. The molecular formula is C6H13Cl2F3N2. The minimum atomic E-state index is -4.08. The molecule has 1 saturated heterocycles. The highest BCUT2D eigenvalue weighted by Gasteiger charge is 2.33. The monoisotopic (exact) mass is 240 g/mol. The van der Waals surface area contributed by atoms with Gasteiger partial charge in [-0.1, -0.05) is 0 Å². The van der Waals surface area contributed by atoms with E-state index in [2.05, 4.69) is 0 Å². The molecule has 1 atom stereocenters. The van der Waals surface area contributed by atoms with Crippen molar-refractivity contribution < 1.29 is 13.2 Å². The van der Waals surface area contributed by atoms with Crippen LogP contribution in [0.2, 0.25) is 0 Å². The molecule has 1 fully saturated rings. The second-order valence-corrected chi connectivity index (χ2v) is 2.90. The standard InChI is InChI=1S/C6H11F3N2.2ClH/c7-6(8,9)4-11-2-1-5(10)3-11;;/h5H,1-4,10H2;2*1H. The smallest absolute Gasteiger partial charge is 0.326 e. The summed E-state index contributed by atoms with van der Waals surface area (Å²) in [6.45, 7) is 0.0287. The summed E-state index contributed by atoms with van der Waals surface area (Å²) in [7, 11) is 0. The van der Waals surface area contributed by atoms with E-state index in [0.29, 0.717) is 19.5 Å². The van der Waals surface area contributed by atoms with Crippen LogP contribution in [0.4, 0.5) is 13.2 Å². The number of hydrogen-bond donors (Lipinski definition) is 1. The molecule has 0 aliphatic carbocycles. The maximum absolute atomic E-state index is 11.8. The molecule has 1 rings (SSSR count). The van der Waals surface area contributed by atoms with Crippen molar-refractivity contribution >= 4 is 24.8 Å². The van der Waals surface area contributed by atoms with Gasteiger partial charge in [-0.25, -0.2) is 0 Å². The zero-order valence-electron chi connectivity index (χ0n) is 6.88. The highest BCUT2D eigenvalue weighted by Crippen LogP contribution is 2.19. The number of nitrogens with two attached hydrogens (primary N) is 1. The quantitative estimate of drug-likeness (QED) is 0.752. The Bertz CT molecular complexity index is 142. The summed E-state index contributed by atoms with van der Waals surface area (Å²) in [4.78, 5) is 1.34. The molecule has 0 aromatic rings. The molecule has 2 N–H and O–H groups in total. The number of likely N-dealkylation sites (tertiary alicyclic amines) is 1. The minimum Gasteiger partial charge on any atom is -0.326 e. The molecule has 0 bridgehead atoms. The average molecular weight is 241 g/mol. The molecule has 82 valence electrons. The highest BCUT2D eigenvalue weighted by molar-refractivity contribution is 5.85. The van der Waals surface area contributed by atoms with E-state index in [4.69, 9.17) is 5.73 Å². The van der Waals surface area contributed by atoms with E-state index in [1.165, 1.54) is 4.90 Å². The van der Waals surface area contributed by atoms with E-state index in [-0.39, 0.29) is 30.9 Å². The van der Waals surface area contributed by atoms with E-state index in [1.54, 1.807) is 0 Å². The summed E-state index contributed by atoms with van der Waals surface area (Å²) in [6, 6.07) is -0.0719. The SMILES string of the molecule is Cl.Cl.NC1CCN(CC(F)(F)F)C1. The van der Waals surface area contributed by atoms with Gasteiger partial charge < -0.3 is 5.73 Å². The van der Waals surface area contributed by atoms with E-state index in [1.807, 2.05) is 0 Å². The van der Waals surface area contributed by atoms with E-state index >= 15 is 0 Å². The van der Waals surface area contributed by atoms with Crippen LogP contribution in [0.1, 0.15) is 6.42 Å². The lowest BCUT2D eigenvalue weighted by atomic mass is 10.3. The third-order valence-electron chi connectivity index (χ3n) is 1.71. The number of alkyl halides is 3. The Morgan fingerprint density at radius 3 is 2.15 bits per heavy atom. The van der Waals surface area contributed by atoms with Crippen LogP contribution in [-0.2, 0) is 0 Å². The van der Waals surface area contributed by atoms with Crippen molar-refractivity contribution in [3.63, 3.8) is 0 Å². The van der Waals surface area contributed by atoms with Crippen LogP contribution in [0.3, 0.4) is 0 Å².